The Balaban J connectivity index is 0.000000253. The lowest BCUT2D eigenvalue weighted by molar-refractivity contribution is -0.143. The van der Waals surface area contributed by atoms with Gasteiger partial charge in [-0.25, -0.2) is 4.79 Å². The highest BCUT2D eigenvalue weighted by atomic mass is 35.5. The van der Waals surface area contributed by atoms with Crippen LogP contribution in [0.3, 0.4) is 0 Å². The van der Waals surface area contributed by atoms with E-state index in [0.717, 1.165) is 49.9 Å². The average Bonchev–Trinajstić information content (AvgIpc) is 3.44. The number of ketones is 2. The van der Waals surface area contributed by atoms with E-state index >= 15 is 0 Å². The van der Waals surface area contributed by atoms with Crippen LogP contribution >= 0.6 is 23.2 Å². The van der Waals surface area contributed by atoms with Gasteiger partial charge in [0.05, 0.1) is 18.0 Å². The van der Waals surface area contributed by atoms with E-state index in [-0.39, 0.29) is 74.9 Å². The predicted molar refractivity (Wildman–Crippen MR) is 268 cm³/mol. The Kier molecular flexibility index (Phi) is 19.1. The van der Waals surface area contributed by atoms with Crippen LogP contribution in [0.5, 0.6) is 0 Å². The van der Waals surface area contributed by atoms with Gasteiger partial charge in [-0.2, -0.15) is 0 Å². The maximum atomic E-state index is 13.7. The number of hydrogen-bond acceptors (Lipinski definition) is 9. The third-order valence-corrected chi connectivity index (χ3v) is 13.7. The molecule has 8 rings (SSSR count). The number of nitrogens with one attached hydrogen (secondary N) is 1. The molecule has 3 amide bonds. The lowest BCUT2D eigenvalue weighted by Crippen LogP contribution is -2.48. The first-order valence-electron chi connectivity index (χ1n) is 23.3. The first kappa shape index (κ1) is 54.3. The van der Waals surface area contributed by atoms with Crippen LogP contribution in [0.25, 0.3) is 0 Å². The molecule has 0 unspecified atom stereocenters. The number of nitrogens with zero attached hydrogens (tertiary/aromatic N) is 4. The molecule has 2 fully saturated rings. The van der Waals surface area contributed by atoms with E-state index < -0.39 is 29.7 Å². The second kappa shape index (κ2) is 24.3. The van der Waals surface area contributed by atoms with Crippen molar-refractivity contribution in [1.82, 2.24) is 25.1 Å². The molecule has 0 spiro atoms. The van der Waals surface area contributed by atoms with Gasteiger partial charge in [0.15, 0.2) is 11.6 Å². The van der Waals surface area contributed by atoms with E-state index in [9.17, 15) is 33.9 Å². The zero-order valence-electron chi connectivity index (χ0n) is 38.3. The van der Waals surface area contributed by atoms with Gasteiger partial charge in [0, 0.05) is 89.8 Å². The number of carboxylic acid groups (broad SMARTS) is 1. The summed E-state index contributed by atoms with van der Waals surface area (Å²) in [5.74, 6) is -0.995. The fraction of sp³-hybridized carbons (Fsp3) is 0.481. The number of alkyl carbamates (subject to hydrolysis) is 1. The van der Waals surface area contributed by atoms with Crippen LogP contribution in [0, 0.1) is 17.8 Å². The summed E-state index contributed by atoms with van der Waals surface area (Å²) < 4.78 is 5.39. The second-order valence-corrected chi connectivity index (χ2v) is 20.2. The molecule has 4 aliphatic rings. The molecule has 0 bridgehead atoms. The normalized spacial score (nSPS) is 22.5. The third-order valence-electron chi connectivity index (χ3n) is 13.3. The average molecular weight is 985 g/mol. The van der Waals surface area contributed by atoms with Gasteiger partial charge in [-0.15, -0.1) is 0 Å². The molecule has 0 radical (unpaired) electrons. The van der Waals surface area contributed by atoms with Crippen LogP contribution in [0.1, 0.15) is 130 Å². The highest BCUT2D eigenvalue weighted by Crippen LogP contribution is 2.34. The molecule has 4 heterocycles. The van der Waals surface area contributed by atoms with Crippen molar-refractivity contribution in [2.24, 2.45) is 17.8 Å². The number of carbonyl (C=O) groups excluding carboxylic acids is 5. The Morgan fingerprint density at radius 3 is 1.49 bits per heavy atom. The Bertz CT molecular complexity index is 2430. The standard InChI is InChI=1S/C28H34ClN3O4.C24H25ClN2O4.2CH4/c1-28(2,3)36-27(35)31-21-10-7-18(8-11-21)17-32-24(16-22-6-4-5-13-30-22)25(33)15-19-14-20(29)9-12-23(19)26(32)34;25-18-8-9-20-17(11-18)12-22(28)21(13-19-3-1-2-10-26-19)27(23(20)29)14-15-4-6-16(7-5-15)24(30)31;;/h4-6,9,12-14,18,21,24H,7-8,10-11,15-17H2,1-3H3,(H,31,35);1-3,8-11,15-16,21H,4-7,12-14H2,(H,30,31);2*1H4/t18?,21?,24-;15?,16?,21-;;/m11../s1. The maximum absolute atomic E-state index is 13.7. The summed E-state index contributed by atoms with van der Waals surface area (Å²) >= 11 is 12.3. The van der Waals surface area contributed by atoms with Crippen molar-refractivity contribution in [2.75, 3.05) is 13.1 Å². The van der Waals surface area contributed by atoms with E-state index in [1.54, 1.807) is 58.6 Å². The molecular weight excluding hydrogens is 918 g/mol. The molecule has 2 atom stereocenters. The van der Waals surface area contributed by atoms with Gasteiger partial charge in [0.2, 0.25) is 0 Å². The van der Waals surface area contributed by atoms with E-state index in [1.165, 1.54) is 0 Å². The van der Waals surface area contributed by atoms with E-state index in [0.29, 0.717) is 71.1 Å². The number of carbonyl (C=O) groups is 6. The van der Waals surface area contributed by atoms with Crippen molar-refractivity contribution in [1.29, 1.82) is 0 Å². The van der Waals surface area contributed by atoms with Crippen molar-refractivity contribution in [2.45, 2.75) is 136 Å². The molecule has 13 nitrogen and oxygen atoms in total. The fourth-order valence-corrected chi connectivity index (χ4v) is 10.2. The molecule has 69 heavy (non-hydrogen) atoms. The third kappa shape index (κ3) is 14.4. The molecule has 2 aliphatic heterocycles. The van der Waals surface area contributed by atoms with Crippen LogP contribution < -0.4 is 5.32 Å². The first-order chi connectivity index (χ1) is 32.0. The molecule has 370 valence electrons. The molecule has 2 N–H and O–H groups in total. The molecule has 2 aliphatic carbocycles. The van der Waals surface area contributed by atoms with Crippen molar-refractivity contribution in [3.63, 3.8) is 0 Å². The van der Waals surface area contributed by atoms with E-state index in [4.69, 9.17) is 27.9 Å². The van der Waals surface area contributed by atoms with Crippen molar-refractivity contribution >= 4 is 58.6 Å². The van der Waals surface area contributed by atoms with Gasteiger partial charge in [0.25, 0.3) is 11.8 Å². The summed E-state index contributed by atoms with van der Waals surface area (Å²) in [5, 5.41) is 13.3. The minimum absolute atomic E-state index is 0. The lowest BCUT2D eigenvalue weighted by Gasteiger charge is -2.36. The van der Waals surface area contributed by atoms with Crippen LogP contribution in [-0.2, 0) is 44.8 Å². The summed E-state index contributed by atoms with van der Waals surface area (Å²) in [6, 6.07) is 20.3. The number of carboxylic acids is 1. The fourth-order valence-electron chi connectivity index (χ4n) is 9.80. The second-order valence-electron chi connectivity index (χ2n) is 19.3. The quantitative estimate of drug-likeness (QED) is 0.156. The minimum Gasteiger partial charge on any atom is -0.481 e. The van der Waals surface area contributed by atoms with Crippen molar-refractivity contribution in [3.8, 4) is 0 Å². The monoisotopic (exact) mass is 983 g/mol. The lowest BCUT2D eigenvalue weighted by atomic mass is 9.81. The molecule has 0 saturated heterocycles. The maximum Gasteiger partial charge on any atom is 0.407 e. The van der Waals surface area contributed by atoms with Gasteiger partial charge in [0.1, 0.15) is 5.60 Å². The Hall–Kier alpha value is -5.66. The van der Waals surface area contributed by atoms with Gasteiger partial charge in [-0.1, -0.05) is 50.2 Å². The van der Waals surface area contributed by atoms with Crippen molar-refractivity contribution < 1.29 is 38.6 Å². The number of benzene rings is 2. The molecule has 15 heteroatoms. The van der Waals surface area contributed by atoms with Crippen molar-refractivity contribution in [3.05, 3.63) is 129 Å². The van der Waals surface area contributed by atoms with Gasteiger partial charge in [-0.3, -0.25) is 33.9 Å². The number of halogens is 2. The number of ether oxygens (including phenoxy) is 1. The Morgan fingerprint density at radius 1 is 0.667 bits per heavy atom. The summed E-state index contributed by atoms with van der Waals surface area (Å²) in [6.45, 7) is 6.46. The van der Waals surface area contributed by atoms with E-state index in [1.807, 2.05) is 57.2 Å². The summed E-state index contributed by atoms with van der Waals surface area (Å²) in [4.78, 5) is 89.7. The summed E-state index contributed by atoms with van der Waals surface area (Å²) in [7, 11) is 0. The summed E-state index contributed by atoms with van der Waals surface area (Å²) in [6.07, 6.45) is 10.0. The van der Waals surface area contributed by atoms with Crippen LogP contribution in [-0.4, -0.2) is 97.1 Å². The largest absolute Gasteiger partial charge is 0.481 e. The SMILES string of the molecule is C.C.CC(C)(C)OC(=O)NC1CCC(CN2C(=O)c3ccc(Cl)cc3CC(=O)[C@H]2Cc2ccccn2)CC1.O=C(O)C1CCC(CN2C(=O)c3ccc(Cl)cc3CC(=O)[C@H]2Cc2ccccn2)CC1. The zero-order chi connectivity index (χ0) is 47.8. The van der Waals surface area contributed by atoms with Crippen LogP contribution in [0.2, 0.25) is 10.0 Å². The molecule has 2 aromatic carbocycles. The highest BCUT2D eigenvalue weighted by Gasteiger charge is 2.40. The molecular formula is C54H67Cl2N5O8. The molecule has 2 aromatic heterocycles. The number of fused-ring (bicyclic) bond motifs is 2. The Labute approximate surface area is 416 Å². The number of amides is 3. The molecule has 2 saturated carbocycles. The highest BCUT2D eigenvalue weighted by molar-refractivity contribution is 6.31. The topological polar surface area (TPSA) is 176 Å². The minimum atomic E-state index is -0.752. The number of rotatable bonds is 10. The van der Waals surface area contributed by atoms with Crippen LogP contribution in [0.4, 0.5) is 4.79 Å². The van der Waals surface area contributed by atoms with E-state index in [2.05, 4.69) is 15.3 Å². The Morgan fingerprint density at radius 2 is 1.10 bits per heavy atom. The first-order valence-corrected chi connectivity index (χ1v) is 24.0. The van der Waals surface area contributed by atoms with Crippen LogP contribution in [0.15, 0.2) is 85.2 Å². The van der Waals surface area contributed by atoms with Gasteiger partial charge in [-0.05, 0) is 156 Å². The number of pyridine rings is 2. The number of hydrogen-bond donors (Lipinski definition) is 2. The van der Waals surface area contributed by atoms with Gasteiger partial charge >= 0.3 is 12.1 Å². The zero-order valence-corrected chi connectivity index (χ0v) is 39.8. The van der Waals surface area contributed by atoms with Gasteiger partial charge < -0.3 is 25.0 Å². The summed E-state index contributed by atoms with van der Waals surface area (Å²) in [5.41, 5.74) is 3.39. The number of Topliss-reactive ketones (excluding diaryl/α,β-unsaturated/α-hetero) is 2. The smallest absolute Gasteiger partial charge is 0.407 e. The molecule has 4 aromatic rings. The predicted octanol–water partition coefficient (Wildman–Crippen LogP) is 10.1. The number of aliphatic carboxylic acids is 1. The number of aromatic nitrogens is 2.